The lowest BCUT2D eigenvalue weighted by molar-refractivity contribution is 0.0648. The molecule has 2 bridgehead atoms. The number of amides is 2. The van der Waals surface area contributed by atoms with E-state index in [1.807, 2.05) is 0 Å². The first-order chi connectivity index (χ1) is 15.6. The number of alkyl halides is 1. The zero-order valence-corrected chi connectivity index (χ0v) is 17.2. The third-order valence-electron chi connectivity index (χ3n) is 5.62. The van der Waals surface area contributed by atoms with E-state index in [0.717, 1.165) is 10.9 Å². The fraction of sp³-hybridized carbons (Fsp3) is 0.286. The molecule has 1 aromatic carbocycles. The molecule has 0 spiro atoms. The molecule has 12 heteroatoms. The van der Waals surface area contributed by atoms with Crippen molar-refractivity contribution in [1.82, 2.24) is 14.9 Å². The van der Waals surface area contributed by atoms with Crippen LogP contribution in [0.1, 0.15) is 33.3 Å². The van der Waals surface area contributed by atoms with Crippen LogP contribution in [0.4, 0.5) is 17.6 Å². The van der Waals surface area contributed by atoms with Crippen molar-refractivity contribution in [3.05, 3.63) is 75.0 Å². The van der Waals surface area contributed by atoms with Crippen LogP contribution in [0.15, 0.2) is 35.3 Å². The second-order valence-electron chi connectivity index (χ2n) is 7.65. The van der Waals surface area contributed by atoms with Gasteiger partial charge in [-0.3, -0.25) is 24.1 Å². The molecule has 0 aliphatic carbocycles. The summed E-state index contributed by atoms with van der Waals surface area (Å²) in [5.74, 6) is -6.44. The van der Waals surface area contributed by atoms with Crippen LogP contribution in [0.2, 0.25) is 0 Å². The van der Waals surface area contributed by atoms with E-state index in [1.165, 1.54) is 16.0 Å². The minimum Gasteiger partial charge on any atom is -0.502 e. The maximum Gasteiger partial charge on any atom is 0.278 e. The Labute approximate surface area is 184 Å². The van der Waals surface area contributed by atoms with Crippen LogP contribution in [0.3, 0.4) is 0 Å². The predicted octanol–water partition coefficient (Wildman–Crippen LogP) is 1.55. The topological polar surface area (TPSA) is 94.9 Å². The first kappa shape index (κ1) is 22.4. The molecule has 2 amide bonds. The molecule has 2 aliphatic heterocycles. The van der Waals surface area contributed by atoms with E-state index in [0.29, 0.717) is 12.1 Å². The number of aromatic hydroxyl groups is 1. The second kappa shape index (κ2) is 8.26. The van der Waals surface area contributed by atoms with Crippen LogP contribution in [0, 0.1) is 17.5 Å². The van der Waals surface area contributed by atoms with Crippen molar-refractivity contribution in [2.24, 2.45) is 0 Å². The van der Waals surface area contributed by atoms with Gasteiger partial charge < -0.3 is 15.3 Å². The van der Waals surface area contributed by atoms with Crippen LogP contribution in [0.25, 0.3) is 0 Å². The van der Waals surface area contributed by atoms with Gasteiger partial charge >= 0.3 is 0 Å². The SMILES string of the molecule is C[C@H]1C=C[C@@H](CF)N2CN1C(=O)c1c(O)c(=O)c(C(=O)NCc3c(F)cc(F)cc3F)cn12. The third-order valence-corrected chi connectivity index (χ3v) is 5.62. The summed E-state index contributed by atoms with van der Waals surface area (Å²) in [6, 6.07) is -0.424. The summed E-state index contributed by atoms with van der Waals surface area (Å²) in [6.45, 7) is 0.0300. The van der Waals surface area contributed by atoms with Crippen molar-refractivity contribution in [3.63, 3.8) is 0 Å². The Morgan fingerprint density at radius 2 is 1.85 bits per heavy atom. The van der Waals surface area contributed by atoms with E-state index >= 15 is 0 Å². The molecule has 2 aromatic rings. The molecule has 2 aliphatic rings. The van der Waals surface area contributed by atoms with Gasteiger partial charge in [0.15, 0.2) is 11.4 Å². The molecule has 1 aromatic heterocycles. The fourth-order valence-electron chi connectivity index (χ4n) is 3.78. The zero-order valence-electron chi connectivity index (χ0n) is 17.2. The summed E-state index contributed by atoms with van der Waals surface area (Å²) in [4.78, 5) is 39.5. The quantitative estimate of drug-likeness (QED) is 0.527. The van der Waals surface area contributed by atoms with E-state index in [2.05, 4.69) is 5.32 Å². The number of halogens is 4. The van der Waals surface area contributed by atoms with Gasteiger partial charge in [0, 0.05) is 36.5 Å². The predicted molar refractivity (Wildman–Crippen MR) is 107 cm³/mol. The standard InChI is InChI=1S/C21H18F4N4O4/c1-10-2-3-12(6-22)29-9-27(10)21(33)17-19(31)18(30)14(8-28(17)29)20(32)26-7-13-15(24)4-11(23)5-16(13)25/h2-5,8,10,12,31H,6-7,9H2,1H3,(H,26,32)/t10-,12-/m0/s1. The molecule has 2 N–H and O–H groups in total. The molecule has 33 heavy (non-hydrogen) atoms. The number of nitrogens with one attached hydrogen (secondary N) is 1. The lowest BCUT2D eigenvalue weighted by Gasteiger charge is -2.42. The molecule has 2 atom stereocenters. The van der Waals surface area contributed by atoms with E-state index in [1.54, 1.807) is 13.0 Å². The van der Waals surface area contributed by atoms with Crippen LogP contribution in [0.5, 0.6) is 5.75 Å². The Hall–Kier alpha value is -3.83. The van der Waals surface area contributed by atoms with Crippen molar-refractivity contribution in [1.29, 1.82) is 0 Å². The van der Waals surface area contributed by atoms with Gasteiger partial charge in [0.05, 0.1) is 6.04 Å². The molecule has 4 rings (SSSR count). The smallest absolute Gasteiger partial charge is 0.278 e. The van der Waals surface area contributed by atoms with Crippen LogP contribution >= 0.6 is 0 Å². The average Bonchev–Trinajstić information content (AvgIpc) is 2.90. The first-order valence-corrected chi connectivity index (χ1v) is 9.86. The zero-order chi connectivity index (χ0) is 24.0. The second-order valence-corrected chi connectivity index (χ2v) is 7.65. The van der Waals surface area contributed by atoms with Gasteiger partial charge in [-0.25, -0.2) is 17.6 Å². The number of carbonyl (C=O) groups is 2. The monoisotopic (exact) mass is 466 g/mol. The average molecular weight is 466 g/mol. The summed E-state index contributed by atoms with van der Waals surface area (Å²) < 4.78 is 55.5. The summed E-state index contributed by atoms with van der Waals surface area (Å²) in [5.41, 5.74) is -2.90. The molecule has 0 unspecified atom stereocenters. The van der Waals surface area contributed by atoms with E-state index in [9.17, 15) is 37.1 Å². The van der Waals surface area contributed by atoms with Gasteiger partial charge in [-0.05, 0) is 6.92 Å². The Morgan fingerprint density at radius 1 is 1.18 bits per heavy atom. The molecule has 8 nitrogen and oxygen atoms in total. The number of hydrogen-bond donors (Lipinski definition) is 2. The molecule has 0 saturated heterocycles. The number of aromatic nitrogens is 1. The number of rotatable bonds is 4. The lowest BCUT2D eigenvalue weighted by atomic mass is 10.1. The highest BCUT2D eigenvalue weighted by molar-refractivity contribution is 5.99. The molecule has 3 heterocycles. The van der Waals surface area contributed by atoms with Gasteiger partial charge in [-0.2, -0.15) is 0 Å². The van der Waals surface area contributed by atoms with Gasteiger partial charge in [0.1, 0.15) is 36.4 Å². The van der Waals surface area contributed by atoms with Gasteiger partial charge in [-0.1, -0.05) is 12.2 Å². The molecule has 0 saturated carbocycles. The summed E-state index contributed by atoms with van der Waals surface area (Å²) in [6.07, 6.45) is 4.11. The number of carbonyl (C=O) groups excluding carboxylic acids is 2. The van der Waals surface area contributed by atoms with Crippen molar-refractivity contribution in [2.75, 3.05) is 18.4 Å². The molecular weight excluding hydrogens is 448 g/mol. The largest absolute Gasteiger partial charge is 0.502 e. The highest BCUT2D eigenvalue weighted by atomic mass is 19.1. The maximum absolute atomic E-state index is 13.8. The maximum atomic E-state index is 13.8. The highest BCUT2D eigenvalue weighted by Crippen LogP contribution is 2.26. The van der Waals surface area contributed by atoms with Crippen LogP contribution in [-0.2, 0) is 6.54 Å². The van der Waals surface area contributed by atoms with Gasteiger partial charge in [0.2, 0.25) is 5.43 Å². The first-order valence-electron chi connectivity index (χ1n) is 9.86. The number of fused-ring (bicyclic) bond motifs is 4. The Bertz CT molecular complexity index is 1220. The third kappa shape index (κ3) is 3.70. The highest BCUT2D eigenvalue weighted by Gasteiger charge is 2.39. The van der Waals surface area contributed by atoms with Crippen LogP contribution < -0.4 is 15.8 Å². The molecule has 0 radical (unpaired) electrons. The lowest BCUT2D eigenvalue weighted by Crippen LogP contribution is -2.58. The normalized spacial score (nSPS) is 19.4. The Balaban J connectivity index is 1.72. The Morgan fingerprint density at radius 3 is 2.48 bits per heavy atom. The molecular formula is C21H18F4N4O4. The summed E-state index contributed by atoms with van der Waals surface area (Å²) in [7, 11) is 0. The van der Waals surface area contributed by atoms with E-state index in [4.69, 9.17) is 0 Å². The van der Waals surface area contributed by atoms with Gasteiger partial charge in [0.25, 0.3) is 11.8 Å². The minimum absolute atomic E-state index is 0.0794. The fourth-order valence-corrected chi connectivity index (χ4v) is 3.78. The molecule has 174 valence electrons. The number of hydrogen-bond acceptors (Lipinski definition) is 5. The summed E-state index contributed by atoms with van der Waals surface area (Å²) in [5, 5.41) is 14.0. The van der Waals surface area contributed by atoms with Crippen molar-refractivity contribution >= 4 is 11.8 Å². The van der Waals surface area contributed by atoms with E-state index < -0.39 is 82.6 Å². The van der Waals surface area contributed by atoms with E-state index in [-0.39, 0.29) is 6.67 Å². The summed E-state index contributed by atoms with van der Waals surface area (Å²) >= 11 is 0. The van der Waals surface area contributed by atoms with Crippen molar-refractivity contribution < 1.29 is 32.3 Å². The number of benzene rings is 1. The number of pyridine rings is 1. The number of nitrogens with zero attached hydrogens (tertiary/aromatic N) is 3. The minimum atomic E-state index is -1.24. The van der Waals surface area contributed by atoms with Crippen molar-refractivity contribution in [2.45, 2.75) is 25.6 Å². The Kier molecular flexibility index (Phi) is 5.60. The molecule has 0 fully saturated rings. The van der Waals surface area contributed by atoms with Crippen LogP contribution in [-0.4, -0.2) is 51.9 Å². The van der Waals surface area contributed by atoms with Crippen molar-refractivity contribution in [3.8, 4) is 5.75 Å². The van der Waals surface area contributed by atoms with Gasteiger partial charge in [-0.15, -0.1) is 0 Å².